The minimum atomic E-state index is -0.654. The largest absolute Gasteiger partial charge is 0.394 e. The summed E-state index contributed by atoms with van der Waals surface area (Å²) in [6.45, 7) is 4.40. The van der Waals surface area contributed by atoms with Crippen LogP contribution >= 0.6 is 0 Å². The van der Waals surface area contributed by atoms with E-state index in [1.54, 1.807) is 0 Å². The number of amides is 1. The zero-order chi connectivity index (χ0) is 44.9. The van der Waals surface area contributed by atoms with Gasteiger partial charge < -0.3 is 15.5 Å². The number of nitrogens with one attached hydrogen (secondary N) is 1. The van der Waals surface area contributed by atoms with Crippen LogP contribution in [0.15, 0.2) is 0 Å². The Labute approximate surface area is 391 Å². The first-order valence-electron chi connectivity index (χ1n) is 29.2. The number of rotatable bonds is 55. The van der Waals surface area contributed by atoms with Crippen LogP contribution in [0.5, 0.6) is 0 Å². The fraction of sp³-hybridized carbons (Fsp3) is 0.983. The summed E-state index contributed by atoms with van der Waals surface area (Å²) in [5.41, 5.74) is 0. The Bertz CT molecular complexity index is 819. The molecule has 0 aliphatic rings. The molecule has 1 amide bonds. The van der Waals surface area contributed by atoms with E-state index in [9.17, 15) is 15.0 Å². The van der Waals surface area contributed by atoms with Crippen LogP contribution in [0.25, 0.3) is 0 Å². The van der Waals surface area contributed by atoms with Gasteiger partial charge in [-0.05, 0) is 12.8 Å². The molecular formula is C58H117NO3. The molecule has 0 aliphatic heterocycles. The van der Waals surface area contributed by atoms with Crippen LogP contribution in [0.2, 0.25) is 0 Å². The van der Waals surface area contributed by atoms with Gasteiger partial charge in [-0.1, -0.05) is 328 Å². The topological polar surface area (TPSA) is 69.6 Å². The Morgan fingerprint density at radius 2 is 0.516 bits per heavy atom. The van der Waals surface area contributed by atoms with E-state index < -0.39 is 12.1 Å². The maximum Gasteiger partial charge on any atom is 0.220 e. The molecule has 0 aliphatic carbocycles. The van der Waals surface area contributed by atoms with Crippen LogP contribution in [0, 0.1) is 0 Å². The van der Waals surface area contributed by atoms with Gasteiger partial charge in [0.15, 0.2) is 0 Å². The van der Waals surface area contributed by atoms with Crippen molar-refractivity contribution in [3.05, 3.63) is 0 Å². The maximum atomic E-state index is 12.5. The van der Waals surface area contributed by atoms with Gasteiger partial charge in [0.2, 0.25) is 5.91 Å². The fourth-order valence-electron chi connectivity index (χ4n) is 9.66. The van der Waals surface area contributed by atoms with Crippen LogP contribution in [0.1, 0.15) is 348 Å². The lowest BCUT2D eigenvalue weighted by atomic mass is 10.0. The van der Waals surface area contributed by atoms with Crippen LogP contribution < -0.4 is 5.32 Å². The summed E-state index contributed by atoms with van der Waals surface area (Å²) in [5.74, 6) is -0.0226. The molecule has 0 heterocycles. The number of carbonyl (C=O) groups is 1. The molecule has 0 bridgehead atoms. The average molecular weight is 877 g/mol. The van der Waals surface area contributed by atoms with Crippen molar-refractivity contribution < 1.29 is 15.0 Å². The predicted octanol–water partition coefficient (Wildman–Crippen LogP) is 19.1. The van der Waals surface area contributed by atoms with Crippen LogP contribution in [0.4, 0.5) is 0 Å². The molecule has 62 heavy (non-hydrogen) atoms. The van der Waals surface area contributed by atoms with E-state index in [1.165, 1.54) is 295 Å². The third kappa shape index (κ3) is 50.4. The van der Waals surface area contributed by atoms with Crippen LogP contribution in [-0.2, 0) is 4.79 Å². The number of unbranched alkanes of at least 4 members (excludes halogenated alkanes) is 48. The minimum absolute atomic E-state index is 0.0226. The van der Waals surface area contributed by atoms with Crippen molar-refractivity contribution in [2.75, 3.05) is 6.61 Å². The van der Waals surface area contributed by atoms with Gasteiger partial charge in [0.05, 0.1) is 18.8 Å². The first-order chi connectivity index (χ1) is 30.7. The Balaban J connectivity index is 3.33. The maximum absolute atomic E-state index is 12.5. The highest BCUT2D eigenvalue weighted by Crippen LogP contribution is 2.19. The molecule has 4 nitrogen and oxygen atoms in total. The number of aliphatic hydroxyl groups is 2. The van der Waals surface area contributed by atoms with E-state index in [1.807, 2.05) is 0 Å². The molecule has 2 atom stereocenters. The van der Waals surface area contributed by atoms with Gasteiger partial charge in [-0.2, -0.15) is 0 Å². The van der Waals surface area contributed by atoms with E-state index in [-0.39, 0.29) is 12.5 Å². The second-order valence-electron chi connectivity index (χ2n) is 20.4. The first kappa shape index (κ1) is 61.4. The van der Waals surface area contributed by atoms with Gasteiger partial charge in [0.25, 0.3) is 0 Å². The van der Waals surface area contributed by atoms with Crippen LogP contribution in [-0.4, -0.2) is 34.9 Å². The molecule has 0 saturated carbocycles. The number of carbonyl (C=O) groups excluding carboxylic acids is 1. The van der Waals surface area contributed by atoms with E-state index in [4.69, 9.17) is 0 Å². The zero-order valence-electron chi connectivity index (χ0n) is 42.9. The second-order valence-corrected chi connectivity index (χ2v) is 20.4. The van der Waals surface area contributed by atoms with Gasteiger partial charge >= 0.3 is 0 Å². The van der Waals surface area contributed by atoms with Crippen molar-refractivity contribution in [2.24, 2.45) is 0 Å². The molecule has 3 N–H and O–H groups in total. The Hall–Kier alpha value is -0.610. The summed E-state index contributed by atoms with van der Waals surface area (Å²) in [5, 5.41) is 23.3. The molecule has 372 valence electrons. The van der Waals surface area contributed by atoms with Crippen molar-refractivity contribution in [1.29, 1.82) is 0 Å². The van der Waals surface area contributed by atoms with E-state index in [2.05, 4.69) is 19.2 Å². The highest BCUT2D eigenvalue weighted by atomic mass is 16.3. The quantitative estimate of drug-likeness (QED) is 0.0533. The van der Waals surface area contributed by atoms with E-state index in [0.717, 1.165) is 25.7 Å². The smallest absolute Gasteiger partial charge is 0.220 e. The molecule has 0 saturated heterocycles. The standard InChI is InChI=1S/C58H117NO3/c1-3-5-7-9-11-13-15-17-19-20-21-22-23-24-25-26-27-28-29-30-31-32-33-34-35-36-37-38-40-42-44-46-48-50-52-54-58(62)59-56(55-60)57(61)53-51-49-47-45-43-41-39-18-16-14-12-10-8-6-4-2/h56-57,60-61H,3-55H2,1-2H3,(H,59,62)/t56-,57+/m0/s1. The second kappa shape index (κ2) is 54.7. The fourth-order valence-corrected chi connectivity index (χ4v) is 9.66. The molecule has 0 spiro atoms. The summed E-state index contributed by atoms with van der Waals surface area (Å²) < 4.78 is 0. The monoisotopic (exact) mass is 876 g/mol. The Kier molecular flexibility index (Phi) is 54.2. The zero-order valence-corrected chi connectivity index (χ0v) is 42.9. The summed E-state index contributed by atoms with van der Waals surface area (Å²) in [4.78, 5) is 12.5. The van der Waals surface area contributed by atoms with Crippen molar-refractivity contribution in [1.82, 2.24) is 5.32 Å². The molecule has 4 heteroatoms. The first-order valence-corrected chi connectivity index (χ1v) is 29.2. The Morgan fingerprint density at radius 3 is 0.726 bits per heavy atom. The predicted molar refractivity (Wildman–Crippen MR) is 276 cm³/mol. The summed E-state index contributed by atoms with van der Waals surface area (Å²) in [6.07, 6.45) is 69.7. The van der Waals surface area contributed by atoms with Gasteiger partial charge in [0.1, 0.15) is 0 Å². The lowest BCUT2D eigenvalue weighted by Crippen LogP contribution is -2.45. The highest BCUT2D eigenvalue weighted by molar-refractivity contribution is 5.76. The molecule has 0 aromatic rings. The van der Waals surface area contributed by atoms with E-state index in [0.29, 0.717) is 12.8 Å². The van der Waals surface area contributed by atoms with E-state index >= 15 is 0 Å². The summed E-state index contributed by atoms with van der Waals surface area (Å²) in [6, 6.07) is -0.530. The molecule has 0 unspecified atom stereocenters. The number of aliphatic hydroxyl groups excluding tert-OH is 2. The molecule has 0 fully saturated rings. The number of hydrogen-bond donors (Lipinski definition) is 3. The highest BCUT2D eigenvalue weighted by Gasteiger charge is 2.20. The third-order valence-corrected chi connectivity index (χ3v) is 14.1. The molecule has 0 aromatic carbocycles. The van der Waals surface area contributed by atoms with Gasteiger partial charge in [-0.3, -0.25) is 4.79 Å². The molecular weight excluding hydrogens is 759 g/mol. The van der Waals surface area contributed by atoms with Gasteiger partial charge in [-0.25, -0.2) is 0 Å². The van der Waals surface area contributed by atoms with Crippen LogP contribution in [0.3, 0.4) is 0 Å². The lowest BCUT2D eigenvalue weighted by molar-refractivity contribution is -0.123. The van der Waals surface area contributed by atoms with Crippen molar-refractivity contribution in [2.45, 2.75) is 360 Å². The SMILES string of the molecule is CCCCCCCCCCCCCCCCCCCCCCCCCCCCCCCCCCCCCC(=O)N[C@@H](CO)[C@H](O)CCCCCCCCCCCCCCCCC. The van der Waals surface area contributed by atoms with Crippen molar-refractivity contribution >= 4 is 5.91 Å². The molecule has 0 rings (SSSR count). The minimum Gasteiger partial charge on any atom is -0.394 e. The lowest BCUT2D eigenvalue weighted by Gasteiger charge is -2.22. The number of hydrogen-bond acceptors (Lipinski definition) is 3. The normalized spacial score (nSPS) is 12.6. The van der Waals surface area contributed by atoms with Crippen molar-refractivity contribution in [3.63, 3.8) is 0 Å². The Morgan fingerprint density at radius 1 is 0.323 bits per heavy atom. The van der Waals surface area contributed by atoms with Crippen molar-refractivity contribution in [3.8, 4) is 0 Å². The summed E-state index contributed by atoms with van der Waals surface area (Å²) in [7, 11) is 0. The van der Waals surface area contributed by atoms with Gasteiger partial charge in [-0.15, -0.1) is 0 Å². The van der Waals surface area contributed by atoms with Gasteiger partial charge in [0, 0.05) is 6.42 Å². The molecule has 0 aromatic heterocycles. The average Bonchev–Trinajstić information content (AvgIpc) is 3.28. The summed E-state index contributed by atoms with van der Waals surface area (Å²) >= 11 is 0. The third-order valence-electron chi connectivity index (χ3n) is 14.1. The molecule has 0 radical (unpaired) electrons.